The zero-order valence-corrected chi connectivity index (χ0v) is 25.3. The molecule has 13 heteroatoms. The number of hydrogen-bond acceptors (Lipinski definition) is 8. The minimum Gasteiger partial charge on any atom is -0.382 e. The lowest BCUT2D eigenvalue weighted by atomic mass is 9.71. The topological polar surface area (TPSA) is 117 Å². The zero-order chi connectivity index (χ0) is 29.7. The van der Waals surface area contributed by atoms with Crippen molar-refractivity contribution >= 4 is 50.9 Å². The van der Waals surface area contributed by atoms with Crippen LogP contribution in [0.2, 0.25) is 5.02 Å². The number of imidazole rings is 1. The predicted octanol–water partition coefficient (Wildman–Crippen LogP) is 3.42. The van der Waals surface area contributed by atoms with E-state index in [1.165, 1.54) is 24.8 Å². The number of carbonyl (C=O) groups excluding carboxylic acids is 1. The van der Waals surface area contributed by atoms with Crippen LogP contribution in [0.4, 0.5) is 22.0 Å². The molecule has 3 aliphatic rings. The molecule has 3 aromatic heterocycles. The normalized spacial score (nSPS) is 20.8. The van der Waals surface area contributed by atoms with Crippen LogP contribution in [0.25, 0.3) is 16.8 Å². The molecule has 7 rings (SSSR count). The van der Waals surface area contributed by atoms with E-state index in [1.54, 1.807) is 24.4 Å². The Balaban J connectivity index is 1.10. The van der Waals surface area contributed by atoms with Crippen LogP contribution in [0.15, 0.2) is 48.9 Å². The number of pyridine rings is 1. The second-order valence-corrected chi connectivity index (χ2v) is 12.9. The van der Waals surface area contributed by atoms with Crippen LogP contribution in [-0.4, -0.2) is 85.3 Å². The molecule has 0 bridgehead atoms. The molecule has 1 aromatic carbocycles. The lowest BCUT2D eigenvalue weighted by molar-refractivity contribution is -0.0381. The SMILES string of the molecule is Nc1nccn2c(N3CCC4(CC3)CN(C([Si])[C@H]3CCNC3)C4)nc(-c3ccc(C(=O)Nc4cc(Cl)ccn4)cc3F)c12. The molecule has 221 valence electrons. The average Bonchev–Trinajstić information content (AvgIpc) is 3.65. The summed E-state index contributed by atoms with van der Waals surface area (Å²) in [6, 6.07) is 7.43. The molecule has 1 spiro atoms. The van der Waals surface area contributed by atoms with Crippen LogP contribution in [0.3, 0.4) is 0 Å². The third-order valence-electron chi connectivity index (χ3n) is 9.14. The molecule has 6 heterocycles. The summed E-state index contributed by atoms with van der Waals surface area (Å²) in [5.41, 5.74) is 8.39. The van der Waals surface area contributed by atoms with E-state index < -0.39 is 11.7 Å². The summed E-state index contributed by atoms with van der Waals surface area (Å²) in [7, 11) is 4.02. The highest BCUT2D eigenvalue weighted by Crippen LogP contribution is 2.43. The van der Waals surface area contributed by atoms with E-state index in [-0.39, 0.29) is 22.8 Å². The molecule has 3 aliphatic heterocycles. The highest BCUT2D eigenvalue weighted by Gasteiger charge is 2.47. The Labute approximate surface area is 257 Å². The number of hydrogen-bond donors (Lipinski definition) is 3. The first-order valence-electron chi connectivity index (χ1n) is 14.6. The average molecular weight is 617 g/mol. The molecule has 4 N–H and O–H groups in total. The van der Waals surface area contributed by atoms with Gasteiger partial charge in [-0.05, 0) is 79.7 Å². The minimum absolute atomic E-state index is 0.142. The maximum atomic E-state index is 15.6. The van der Waals surface area contributed by atoms with Crippen molar-refractivity contribution < 1.29 is 9.18 Å². The van der Waals surface area contributed by atoms with Gasteiger partial charge in [-0.15, -0.1) is 0 Å². The van der Waals surface area contributed by atoms with E-state index in [2.05, 4.69) is 40.6 Å². The van der Waals surface area contributed by atoms with Crippen LogP contribution in [0.5, 0.6) is 0 Å². The van der Waals surface area contributed by atoms with Gasteiger partial charge in [0.25, 0.3) is 5.91 Å². The van der Waals surface area contributed by atoms with Crippen molar-refractivity contribution in [3.63, 3.8) is 0 Å². The fraction of sp³-hybridized carbons (Fsp3) is 0.400. The van der Waals surface area contributed by atoms with Crippen molar-refractivity contribution in [2.45, 2.75) is 24.9 Å². The smallest absolute Gasteiger partial charge is 0.256 e. The Morgan fingerprint density at radius 3 is 2.72 bits per heavy atom. The van der Waals surface area contributed by atoms with Gasteiger partial charge in [-0.25, -0.2) is 19.3 Å². The minimum atomic E-state index is -0.588. The van der Waals surface area contributed by atoms with Gasteiger partial charge in [0.05, 0.1) is 0 Å². The molecule has 3 fully saturated rings. The van der Waals surface area contributed by atoms with E-state index in [1.807, 2.05) is 10.6 Å². The van der Waals surface area contributed by atoms with Crippen LogP contribution < -0.4 is 21.3 Å². The summed E-state index contributed by atoms with van der Waals surface area (Å²) >= 11 is 5.99. The predicted molar refractivity (Wildman–Crippen MR) is 166 cm³/mol. The number of halogens is 2. The van der Waals surface area contributed by atoms with Gasteiger partial charge in [0, 0.05) is 71.2 Å². The van der Waals surface area contributed by atoms with Crippen LogP contribution in [0, 0.1) is 17.2 Å². The fourth-order valence-electron chi connectivity index (χ4n) is 6.72. The molecule has 10 nitrogen and oxygen atoms in total. The maximum Gasteiger partial charge on any atom is 0.256 e. The lowest BCUT2D eigenvalue weighted by Gasteiger charge is -2.57. The number of aromatic nitrogens is 4. The summed E-state index contributed by atoms with van der Waals surface area (Å²) < 4.78 is 17.5. The first-order valence-corrected chi connectivity index (χ1v) is 15.5. The molecule has 1 unspecified atom stereocenters. The lowest BCUT2D eigenvalue weighted by Crippen LogP contribution is -2.64. The van der Waals surface area contributed by atoms with E-state index >= 15 is 4.39 Å². The van der Waals surface area contributed by atoms with E-state index in [0.29, 0.717) is 39.2 Å². The number of amides is 1. The number of piperidine rings is 1. The number of carbonyl (C=O) groups is 1. The Hall–Kier alpha value is -3.58. The number of nitrogens with two attached hydrogens (primary N) is 1. The standard InChI is InChI=1S/C30H32ClFN9OSi/c31-20-4-8-35-23(14-20)37-27(42)18-1-2-21(22(32)13-18)24-25-26(33)36-9-12-41(25)29(38-24)39-10-5-30(6-11-39)16-40(17-30)28(43)19-3-7-34-15-19/h1-2,4,8-9,12-14,19,28,34H,3,5-7,10-11,15-17H2,(H2,33,36)(H,35,37,42)/t19-,28?/m0/s1. The molecule has 3 radical (unpaired) electrons. The Bertz CT molecular complexity index is 1680. The number of likely N-dealkylation sites (tertiary alicyclic amines) is 1. The largest absolute Gasteiger partial charge is 0.382 e. The van der Waals surface area contributed by atoms with Crippen molar-refractivity contribution in [3.05, 3.63) is 65.3 Å². The number of nitrogen functional groups attached to an aromatic ring is 1. The number of rotatable bonds is 6. The van der Waals surface area contributed by atoms with Gasteiger partial charge in [-0.2, -0.15) is 0 Å². The van der Waals surface area contributed by atoms with Gasteiger partial charge in [-0.3, -0.25) is 9.20 Å². The van der Waals surface area contributed by atoms with Gasteiger partial charge in [0.1, 0.15) is 28.7 Å². The van der Waals surface area contributed by atoms with Gasteiger partial charge in [0.15, 0.2) is 0 Å². The van der Waals surface area contributed by atoms with Gasteiger partial charge < -0.3 is 26.2 Å². The van der Waals surface area contributed by atoms with Crippen molar-refractivity contribution in [1.82, 2.24) is 29.6 Å². The summed E-state index contributed by atoms with van der Waals surface area (Å²) in [5, 5.41) is 6.55. The highest BCUT2D eigenvalue weighted by molar-refractivity contribution is 6.30. The van der Waals surface area contributed by atoms with Crippen LogP contribution in [-0.2, 0) is 0 Å². The summed E-state index contributed by atoms with van der Waals surface area (Å²) in [6.45, 7) is 6.10. The Kier molecular flexibility index (Phi) is 7.32. The summed E-state index contributed by atoms with van der Waals surface area (Å²) in [6.07, 6.45) is 8.28. The van der Waals surface area contributed by atoms with E-state index in [9.17, 15) is 4.79 Å². The Morgan fingerprint density at radius 2 is 2.00 bits per heavy atom. The second-order valence-electron chi connectivity index (χ2n) is 11.9. The molecule has 2 atom stereocenters. The molecular formula is C30H32ClFN9OSi. The number of anilines is 3. The molecule has 0 aliphatic carbocycles. The number of fused-ring (bicyclic) bond motifs is 1. The van der Waals surface area contributed by atoms with Crippen LogP contribution >= 0.6 is 11.6 Å². The van der Waals surface area contributed by atoms with Gasteiger partial charge in [0.2, 0.25) is 5.95 Å². The van der Waals surface area contributed by atoms with Crippen molar-refractivity contribution in [1.29, 1.82) is 0 Å². The number of benzene rings is 1. The quantitative estimate of drug-likeness (QED) is 0.282. The third kappa shape index (κ3) is 5.26. The zero-order valence-electron chi connectivity index (χ0n) is 23.6. The Morgan fingerprint density at radius 1 is 1.19 bits per heavy atom. The second kappa shape index (κ2) is 11.2. The van der Waals surface area contributed by atoms with Gasteiger partial charge >= 0.3 is 0 Å². The first kappa shape index (κ1) is 28.2. The molecule has 1 amide bonds. The molecule has 0 saturated carbocycles. The van der Waals surface area contributed by atoms with Crippen molar-refractivity contribution in [2.75, 3.05) is 55.2 Å². The number of nitrogens with one attached hydrogen (secondary N) is 2. The number of nitrogens with zero attached hydrogens (tertiary/aromatic N) is 6. The summed E-state index contributed by atoms with van der Waals surface area (Å²) in [4.78, 5) is 30.9. The molecule has 3 saturated heterocycles. The molecule has 4 aromatic rings. The fourth-order valence-corrected chi connectivity index (χ4v) is 7.35. The highest BCUT2D eigenvalue weighted by atomic mass is 35.5. The van der Waals surface area contributed by atoms with E-state index in [4.69, 9.17) is 22.3 Å². The van der Waals surface area contributed by atoms with Crippen molar-refractivity contribution in [2.24, 2.45) is 11.3 Å². The molecular weight excluding hydrogens is 585 g/mol. The van der Waals surface area contributed by atoms with Gasteiger partial charge in [-0.1, -0.05) is 11.6 Å². The monoisotopic (exact) mass is 616 g/mol. The third-order valence-corrected chi connectivity index (χ3v) is 10.2. The molecule has 43 heavy (non-hydrogen) atoms. The van der Waals surface area contributed by atoms with Crippen molar-refractivity contribution in [3.8, 4) is 11.3 Å². The summed E-state index contributed by atoms with van der Waals surface area (Å²) in [5.74, 6) is 0.827. The maximum absolute atomic E-state index is 15.6. The van der Waals surface area contributed by atoms with Crippen LogP contribution in [0.1, 0.15) is 29.6 Å². The van der Waals surface area contributed by atoms with E-state index in [0.717, 1.165) is 52.1 Å². The first-order chi connectivity index (χ1) is 20.8.